The number of hydrogen-bond acceptors (Lipinski definition) is 3. The first kappa shape index (κ1) is 18.0. The van der Waals surface area contributed by atoms with Gasteiger partial charge in [-0.1, -0.05) is 109 Å². The van der Waals surface area contributed by atoms with E-state index in [1.807, 2.05) is 60.7 Å². The molecule has 0 atom stereocenters. The van der Waals surface area contributed by atoms with Crippen LogP contribution in [-0.4, -0.2) is 7.11 Å². The van der Waals surface area contributed by atoms with E-state index in [9.17, 15) is 0 Å². The van der Waals surface area contributed by atoms with Crippen molar-refractivity contribution in [2.75, 3.05) is 7.11 Å². The first-order valence-electron chi connectivity index (χ1n) is 7.88. The summed E-state index contributed by atoms with van der Waals surface area (Å²) in [6.45, 7) is 4.31. The lowest BCUT2D eigenvalue weighted by Gasteiger charge is -2.24. The number of rotatable bonds is 6. The van der Waals surface area contributed by atoms with Gasteiger partial charge in [-0.05, 0) is 16.7 Å². The van der Waals surface area contributed by atoms with Crippen LogP contribution in [-0.2, 0) is 11.8 Å². The van der Waals surface area contributed by atoms with E-state index in [1.165, 1.54) is 10.6 Å². The topological polar surface area (TPSA) is 9.23 Å². The minimum Gasteiger partial charge on any atom is -0.496 e. The SMILES string of the molecule is C=C(SP(=S)(c1ccccc1)c1ccccc1)c1ccccc1OC. The molecule has 0 aliphatic heterocycles. The van der Waals surface area contributed by atoms with Gasteiger partial charge in [0.25, 0.3) is 0 Å². The molecule has 1 nitrogen and oxygen atoms in total. The van der Waals surface area contributed by atoms with Crippen molar-refractivity contribution in [2.45, 2.75) is 0 Å². The number of ether oxygens (including phenoxy) is 1. The fraction of sp³-hybridized carbons (Fsp3) is 0.0476. The highest BCUT2D eigenvalue weighted by molar-refractivity contribution is 8.78. The van der Waals surface area contributed by atoms with E-state index in [0.717, 1.165) is 16.2 Å². The summed E-state index contributed by atoms with van der Waals surface area (Å²) in [6, 6.07) is 28.7. The normalized spacial score (nSPS) is 11.1. The van der Waals surface area contributed by atoms with Crippen molar-refractivity contribution in [1.29, 1.82) is 0 Å². The van der Waals surface area contributed by atoms with Crippen molar-refractivity contribution >= 4 is 43.9 Å². The summed E-state index contributed by atoms with van der Waals surface area (Å²) in [4.78, 5) is 0.938. The fourth-order valence-corrected chi connectivity index (χ4v) is 8.93. The molecule has 3 aromatic rings. The maximum Gasteiger partial charge on any atom is 0.127 e. The highest BCUT2D eigenvalue weighted by Gasteiger charge is 2.25. The van der Waals surface area contributed by atoms with Crippen LogP contribution in [0.1, 0.15) is 5.56 Å². The van der Waals surface area contributed by atoms with Gasteiger partial charge < -0.3 is 4.74 Å². The lowest BCUT2D eigenvalue weighted by Crippen LogP contribution is -2.13. The van der Waals surface area contributed by atoms with Crippen LogP contribution < -0.4 is 15.3 Å². The van der Waals surface area contributed by atoms with Crippen molar-refractivity contribution in [2.24, 2.45) is 0 Å². The van der Waals surface area contributed by atoms with Crippen LogP contribution in [0.3, 0.4) is 0 Å². The molecule has 0 unspecified atom stereocenters. The molecule has 0 aromatic heterocycles. The maximum atomic E-state index is 6.26. The summed E-state index contributed by atoms with van der Waals surface area (Å²) in [7, 11) is 1.68. The highest BCUT2D eigenvalue weighted by Crippen LogP contribution is 2.62. The molecule has 0 saturated heterocycles. The van der Waals surface area contributed by atoms with Gasteiger partial charge in [0, 0.05) is 10.5 Å². The van der Waals surface area contributed by atoms with Crippen molar-refractivity contribution in [3.63, 3.8) is 0 Å². The van der Waals surface area contributed by atoms with Crippen LogP contribution in [0.4, 0.5) is 0 Å². The van der Waals surface area contributed by atoms with Crippen LogP contribution in [0.25, 0.3) is 4.91 Å². The van der Waals surface area contributed by atoms with Crippen molar-refractivity contribution in [3.8, 4) is 5.75 Å². The Balaban J connectivity index is 2.05. The molecule has 0 aliphatic rings. The Morgan fingerprint density at radius 3 is 1.84 bits per heavy atom. The second-order valence-corrected chi connectivity index (χ2v) is 12.8. The Morgan fingerprint density at radius 1 is 0.840 bits per heavy atom. The second kappa shape index (κ2) is 8.05. The third kappa shape index (κ3) is 3.90. The number of hydrogen-bond donors (Lipinski definition) is 0. The Hall–Kier alpha value is -1.80. The molecular formula is C21H19OPS2. The molecule has 0 aliphatic carbocycles. The quantitative estimate of drug-likeness (QED) is 0.525. The zero-order valence-corrected chi connectivity index (χ0v) is 16.5. The van der Waals surface area contributed by atoms with Gasteiger partial charge in [0.1, 0.15) is 5.75 Å². The molecule has 0 saturated carbocycles. The van der Waals surface area contributed by atoms with Gasteiger partial charge in [0.05, 0.1) is 12.3 Å². The van der Waals surface area contributed by atoms with E-state index in [0.29, 0.717) is 0 Å². The summed E-state index contributed by atoms with van der Waals surface area (Å²) in [6.07, 6.45) is 0. The lowest BCUT2D eigenvalue weighted by atomic mass is 10.2. The summed E-state index contributed by atoms with van der Waals surface area (Å²) < 4.78 is 5.50. The summed E-state index contributed by atoms with van der Waals surface area (Å²) in [5.41, 5.74) is 0.996. The zero-order valence-electron chi connectivity index (χ0n) is 14.0. The van der Waals surface area contributed by atoms with Crippen LogP contribution in [0.5, 0.6) is 5.75 Å². The molecule has 0 fully saturated rings. The predicted octanol–water partition coefficient (Wildman–Crippen LogP) is 5.44. The molecule has 0 radical (unpaired) electrons. The third-order valence-corrected chi connectivity index (χ3v) is 11.1. The van der Waals surface area contributed by atoms with Crippen molar-refractivity contribution < 1.29 is 4.74 Å². The number of benzene rings is 3. The molecule has 3 aromatic carbocycles. The van der Waals surface area contributed by atoms with E-state index in [1.54, 1.807) is 18.5 Å². The first-order valence-corrected chi connectivity index (χ1v) is 12.1. The highest BCUT2D eigenvalue weighted by atomic mass is 32.9. The van der Waals surface area contributed by atoms with Crippen LogP contribution >= 0.6 is 16.6 Å². The second-order valence-electron chi connectivity index (χ2n) is 5.44. The smallest absolute Gasteiger partial charge is 0.127 e. The van der Waals surface area contributed by atoms with E-state index >= 15 is 0 Å². The van der Waals surface area contributed by atoms with E-state index < -0.39 is 5.24 Å². The van der Waals surface area contributed by atoms with E-state index in [4.69, 9.17) is 16.5 Å². The van der Waals surface area contributed by atoms with Crippen molar-refractivity contribution in [3.05, 3.63) is 97.1 Å². The molecule has 0 heterocycles. The standard InChI is InChI=1S/C21H19OPS2/c1-17(20-15-9-10-16-21(20)22-2)25-23(24,18-11-5-3-6-12-18)19-13-7-4-8-14-19/h3-16H,1H2,2H3. The lowest BCUT2D eigenvalue weighted by molar-refractivity contribution is 0.414. The molecule has 4 heteroatoms. The molecule has 3 rings (SSSR count). The summed E-state index contributed by atoms with van der Waals surface area (Å²) in [5, 5.41) is 0.275. The third-order valence-electron chi connectivity index (χ3n) is 3.84. The molecular weight excluding hydrogens is 363 g/mol. The van der Waals surface area contributed by atoms with E-state index in [-0.39, 0.29) is 0 Å². The van der Waals surface area contributed by atoms with Gasteiger partial charge >= 0.3 is 0 Å². The number of para-hydroxylation sites is 1. The minimum absolute atomic E-state index is 0.822. The van der Waals surface area contributed by atoms with Crippen LogP contribution in [0.15, 0.2) is 91.5 Å². The molecule has 0 N–H and O–H groups in total. The van der Waals surface area contributed by atoms with E-state index in [2.05, 4.69) is 30.8 Å². The zero-order chi connectivity index (χ0) is 17.7. The van der Waals surface area contributed by atoms with Crippen molar-refractivity contribution in [1.82, 2.24) is 0 Å². The maximum absolute atomic E-state index is 6.26. The Kier molecular flexibility index (Phi) is 5.80. The Morgan fingerprint density at radius 2 is 1.32 bits per heavy atom. The van der Waals surface area contributed by atoms with Gasteiger partial charge in [0.15, 0.2) is 0 Å². The first-order chi connectivity index (χ1) is 12.1. The average molecular weight is 382 g/mol. The number of methoxy groups -OCH3 is 1. The summed E-state index contributed by atoms with van der Waals surface area (Å²) in [5.74, 6) is 0.822. The average Bonchev–Trinajstić information content (AvgIpc) is 2.69. The molecule has 0 amide bonds. The van der Waals surface area contributed by atoms with Gasteiger partial charge in [-0.3, -0.25) is 0 Å². The Bertz CT molecular complexity index is 864. The minimum atomic E-state index is -2.08. The fourth-order valence-electron chi connectivity index (χ4n) is 2.58. The molecule has 0 spiro atoms. The summed E-state index contributed by atoms with van der Waals surface area (Å²) >= 11 is 7.95. The monoisotopic (exact) mass is 382 g/mol. The van der Waals surface area contributed by atoms with Gasteiger partial charge in [0.2, 0.25) is 0 Å². The molecule has 0 bridgehead atoms. The predicted molar refractivity (Wildman–Crippen MR) is 116 cm³/mol. The largest absolute Gasteiger partial charge is 0.496 e. The van der Waals surface area contributed by atoms with Crippen LogP contribution in [0, 0.1) is 0 Å². The Labute approximate surface area is 158 Å². The van der Waals surface area contributed by atoms with Gasteiger partial charge in [-0.25, -0.2) is 0 Å². The van der Waals surface area contributed by atoms with Gasteiger partial charge in [-0.15, -0.1) is 0 Å². The van der Waals surface area contributed by atoms with Gasteiger partial charge in [-0.2, -0.15) is 0 Å². The molecule has 126 valence electrons. The molecule has 25 heavy (non-hydrogen) atoms. The van der Waals surface area contributed by atoms with Crippen LogP contribution in [0.2, 0.25) is 0 Å².